The number of nitrogens with one attached hydrogen (secondary N) is 1. The maximum absolute atomic E-state index is 13.6. The quantitative estimate of drug-likeness (QED) is 0.656. The Bertz CT molecular complexity index is 504. The average molecular weight is 339 g/mol. The van der Waals surface area contributed by atoms with E-state index in [9.17, 15) is 4.57 Å². The Morgan fingerprint density at radius 3 is 2.17 bits per heavy atom. The fourth-order valence-corrected chi connectivity index (χ4v) is 5.95. The zero-order chi connectivity index (χ0) is 16.8. The molecule has 5 heteroatoms. The van der Waals surface area contributed by atoms with E-state index in [1.165, 1.54) is 12.0 Å². The first-order chi connectivity index (χ1) is 11.1. The Labute approximate surface area is 140 Å². The molecule has 130 valence electrons. The molecule has 0 saturated heterocycles. The van der Waals surface area contributed by atoms with Crippen LogP contribution in [0.2, 0.25) is 0 Å². The number of rotatable bonds is 8. The zero-order valence-electron chi connectivity index (χ0n) is 14.6. The van der Waals surface area contributed by atoms with Crippen LogP contribution in [0.4, 0.5) is 0 Å². The Hall–Kier alpha value is -0.670. The molecule has 1 aliphatic rings. The smallest absolute Gasteiger partial charge is 0.308 e. The molecule has 1 unspecified atom stereocenters. The second-order valence-electron chi connectivity index (χ2n) is 6.20. The fraction of sp³-hybridized carbons (Fsp3) is 0.667. The van der Waals surface area contributed by atoms with E-state index in [0.29, 0.717) is 13.2 Å². The number of hydrogen-bond acceptors (Lipinski definition) is 4. The van der Waals surface area contributed by atoms with Crippen molar-refractivity contribution in [3.63, 3.8) is 0 Å². The van der Waals surface area contributed by atoms with Crippen LogP contribution in [-0.4, -0.2) is 18.5 Å². The minimum absolute atomic E-state index is 0.100. The second kappa shape index (κ2) is 8.43. The summed E-state index contributed by atoms with van der Waals surface area (Å²) in [6.45, 7) is 6.68. The highest BCUT2D eigenvalue weighted by Crippen LogP contribution is 2.64. The largest absolute Gasteiger partial charge is 0.350 e. The molecule has 0 heterocycles. The van der Waals surface area contributed by atoms with Crippen LogP contribution in [0, 0.1) is 0 Å². The number of hydrogen-bond donors (Lipinski definition) is 1. The van der Waals surface area contributed by atoms with Crippen molar-refractivity contribution in [3.05, 3.63) is 35.9 Å². The predicted molar refractivity (Wildman–Crippen MR) is 94.7 cm³/mol. The Kier molecular flexibility index (Phi) is 6.84. The molecule has 1 fully saturated rings. The summed E-state index contributed by atoms with van der Waals surface area (Å²) in [7, 11) is -3.21. The SMILES string of the molecule is CCOP(=O)(OCC)C1(NC(C)c2ccccc2)CCCCC1. The third-order valence-electron chi connectivity index (χ3n) is 4.59. The highest BCUT2D eigenvalue weighted by Gasteiger charge is 2.51. The molecule has 1 aliphatic carbocycles. The standard InChI is InChI=1S/C18H30NO3P/c1-4-21-23(20,22-5-2)18(14-10-7-11-15-18)19-16(3)17-12-8-6-9-13-17/h6,8-9,12-13,16,19H,4-5,7,10-11,14-15H2,1-3H3. The van der Waals surface area contributed by atoms with E-state index < -0.39 is 12.9 Å². The van der Waals surface area contributed by atoms with Gasteiger partial charge in [0.1, 0.15) is 5.28 Å². The summed E-state index contributed by atoms with van der Waals surface area (Å²) in [6.07, 6.45) is 4.96. The maximum atomic E-state index is 13.6. The molecule has 1 atom stereocenters. The van der Waals surface area contributed by atoms with Crippen molar-refractivity contribution in [2.45, 2.75) is 64.2 Å². The van der Waals surface area contributed by atoms with Crippen LogP contribution in [0.1, 0.15) is 64.5 Å². The van der Waals surface area contributed by atoms with E-state index in [4.69, 9.17) is 9.05 Å². The van der Waals surface area contributed by atoms with Crippen LogP contribution in [0.3, 0.4) is 0 Å². The van der Waals surface area contributed by atoms with Gasteiger partial charge in [-0.2, -0.15) is 0 Å². The van der Waals surface area contributed by atoms with Gasteiger partial charge in [0.15, 0.2) is 0 Å². The monoisotopic (exact) mass is 339 g/mol. The molecule has 23 heavy (non-hydrogen) atoms. The van der Waals surface area contributed by atoms with Gasteiger partial charge in [0.05, 0.1) is 13.2 Å². The van der Waals surface area contributed by atoms with Crippen molar-refractivity contribution in [2.24, 2.45) is 0 Å². The predicted octanol–water partition coefficient (Wildman–Crippen LogP) is 5.26. The maximum Gasteiger partial charge on any atom is 0.350 e. The lowest BCUT2D eigenvalue weighted by molar-refractivity contribution is 0.161. The lowest BCUT2D eigenvalue weighted by Crippen LogP contribution is -2.48. The third kappa shape index (κ3) is 4.24. The molecule has 0 spiro atoms. The molecule has 2 rings (SSSR count). The van der Waals surface area contributed by atoms with E-state index in [1.807, 2.05) is 32.0 Å². The van der Waals surface area contributed by atoms with Crippen molar-refractivity contribution >= 4 is 7.60 Å². The van der Waals surface area contributed by atoms with Crippen molar-refractivity contribution in [2.75, 3.05) is 13.2 Å². The van der Waals surface area contributed by atoms with E-state index >= 15 is 0 Å². The van der Waals surface area contributed by atoms with Gasteiger partial charge in [-0.1, -0.05) is 49.6 Å². The van der Waals surface area contributed by atoms with Crippen molar-refractivity contribution < 1.29 is 13.6 Å². The normalized spacial score (nSPS) is 19.4. The molecule has 1 N–H and O–H groups in total. The van der Waals surface area contributed by atoms with Crippen LogP contribution in [0.15, 0.2) is 30.3 Å². The van der Waals surface area contributed by atoms with Gasteiger partial charge in [0, 0.05) is 6.04 Å². The zero-order valence-corrected chi connectivity index (χ0v) is 15.5. The fourth-order valence-electron chi connectivity index (χ4n) is 3.49. The van der Waals surface area contributed by atoms with Crippen molar-refractivity contribution in [3.8, 4) is 0 Å². The van der Waals surface area contributed by atoms with E-state index in [-0.39, 0.29) is 6.04 Å². The number of benzene rings is 1. The van der Waals surface area contributed by atoms with Crippen molar-refractivity contribution in [1.29, 1.82) is 0 Å². The Morgan fingerprint density at radius 1 is 1.09 bits per heavy atom. The molecular formula is C18H30NO3P. The summed E-state index contributed by atoms with van der Waals surface area (Å²) >= 11 is 0. The van der Waals surface area contributed by atoms with E-state index in [0.717, 1.165) is 25.7 Å². The third-order valence-corrected chi connectivity index (χ3v) is 7.41. The van der Waals surface area contributed by atoms with Crippen LogP contribution in [0.5, 0.6) is 0 Å². The summed E-state index contributed by atoms with van der Waals surface area (Å²) in [6, 6.07) is 10.4. The highest BCUT2D eigenvalue weighted by atomic mass is 31.2. The molecule has 1 aromatic rings. The van der Waals surface area contributed by atoms with Crippen molar-refractivity contribution in [1.82, 2.24) is 5.32 Å². The first-order valence-electron chi connectivity index (χ1n) is 8.79. The van der Waals surface area contributed by atoms with Gasteiger partial charge in [0.2, 0.25) is 0 Å². The van der Waals surface area contributed by atoms with Gasteiger partial charge in [-0.3, -0.25) is 9.88 Å². The van der Waals surface area contributed by atoms with Gasteiger partial charge in [0.25, 0.3) is 0 Å². The first kappa shape index (κ1) is 18.7. The van der Waals surface area contributed by atoms with Crippen LogP contribution >= 0.6 is 7.60 Å². The summed E-state index contributed by atoms with van der Waals surface area (Å²) in [4.78, 5) is 0. The molecule has 0 amide bonds. The highest BCUT2D eigenvalue weighted by molar-refractivity contribution is 7.55. The molecule has 1 aromatic carbocycles. The van der Waals surface area contributed by atoms with Crippen LogP contribution in [-0.2, 0) is 13.6 Å². The van der Waals surface area contributed by atoms with Gasteiger partial charge in [-0.15, -0.1) is 0 Å². The van der Waals surface area contributed by atoms with Gasteiger partial charge in [-0.05, 0) is 39.2 Å². The van der Waals surface area contributed by atoms with Crippen LogP contribution in [0.25, 0.3) is 0 Å². The first-order valence-corrected chi connectivity index (χ1v) is 10.3. The molecule has 0 aromatic heterocycles. The van der Waals surface area contributed by atoms with Crippen LogP contribution < -0.4 is 5.32 Å². The van der Waals surface area contributed by atoms with Gasteiger partial charge >= 0.3 is 7.60 Å². The minimum atomic E-state index is -3.21. The summed E-state index contributed by atoms with van der Waals surface area (Å²) in [5, 5.41) is 3.07. The molecule has 0 bridgehead atoms. The molecule has 0 aliphatic heterocycles. The molecule has 0 radical (unpaired) electrons. The molecular weight excluding hydrogens is 309 g/mol. The lowest BCUT2D eigenvalue weighted by atomic mass is 9.93. The Balaban J connectivity index is 2.29. The lowest BCUT2D eigenvalue weighted by Gasteiger charge is -2.44. The minimum Gasteiger partial charge on any atom is -0.308 e. The Morgan fingerprint density at radius 2 is 1.65 bits per heavy atom. The average Bonchev–Trinajstić information content (AvgIpc) is 2.57. The van der Waals surface area contributed by atoms with E-state index in [2.05, 4.69) is 24.4 Å². The summed E-state index contributed by atoms with van der Waals surface area (Å²) in [5.41, 5.74) is 1.19. The topological polar surface area (TPSA) is 47.6 Å². The van der Waals surface area contributed by atoms with Gasteiger partial charge in [-0.25, -0.2) is 0 Å². The summed E-state index contributed by atoms with van der Waals surface area (Å²) < 4.78 is 25.0. The van der Waals surface area contributed by atoms with Gasteiger partial charge < -0.3 is 9.05 Å². The van der Waals surface area contributed by atoms with E-state index in [1.54, 1.807) is 0 Å². The second-order valence-corrected chi connectivity index (χ2v) is 8.57. The summed E-state index contributed by atoms with van der Waals surface area (Å²) in [5.74, 6) is 0. The molecule has 4 nitrogen and oxygen atoms in total. The molecule has 1 saturated carbocycles.